The summed E-state index contributed by atoms with van der Waals surface area (Å²) in [4.78, 5) is 11.7. The second kappa shape index (κ2) is 6.67. The molecule has 0 spiro atoms. The van der Waals surface area contributed by atoms with E-state index in [0.717, 1.165) is 16.9 Å². The minimum Gasteiger partial charge on any atom is -0.496 e. The van der Waals surface area contributed by atoms with Gasteiger partial charge in [0.1, 0.15) is 11.8 Å². The predicted molar refractivity (Wildman–Crippen MR) is 69.3 cm³/mol. The number of esters is 1. The molecular formula is C14H17NO3. The Kier molecular flexibility index (Phi) is 5.22. The van der Waals surface area contributed by atoms with Gasteiger partial charge in [0.05, 0.1) is 20.8 Å². The Morgan fingerprint density at radius 1 is 1.50 bits per heavy atom. The normalized spacial score (nSPS) is 11.4. The van der Waals surface area contributed by atoms with Gasteiger partial charge in [0.15, 0.2) is 0 Å². The molecule has 1 aromatic rings. The highest BCUT2D eigenvalue weighted by molar-refractivity contribution is 5.77. The molecule has 0 radical (unpaired) electrons. The van der Waals surface area contributed by atoms with Gasteiger partial charge in [-0.25, -0.2) is 4.79 Å². The quantitative estimate of drug-likeness (QED) is 0.632. The van der Waals surface area contributed by atoms with Crippen LogP contribution in [0.15, 0.2) is 18.2 Å². The minimum absolute atomic E-state index is 0.296. The molecule has 1 aromatic carbocycles. The molecule has 4 heteroatoms. The van der Waals surface area contributed by atoms with Crippen molar-refractivity contribution >= 4 is 5.97 Å². The lowest BCUT2D eigenvalue weighted by atomic mass is 10.0. The number of ether oxygens (including phenoxy) is 2. The fourth-order valence-corrected chi connectivity index (χ4v) is 1.70. The van der Waals surface area contributed by atoms with E-state index in [0.29, 0.717) is 6.54 Å². The van der Waals surface area contributed by atoms with Crippen molar-refractivity contribution in [3.8, 4) is 18.1 Å². The molecule has 0 aliphatic carbocycles. The van der Waals surface area contributed by atoms with Crippen LogP contribution in [0, 0.1) is 19.3 Å². The van der Waals surface area contributed by atoms with E-state index in [1.54, 1.807) is 7.11 Å². The Labute approximate surface area is 107 Å². The maximum absolute atomic E-state index is 11.7. The molecule has 1 atom stereocenters. The fraction of sp³-hybridized carbons (Fsp3) is 0.357. The van der Waals surface area contributed by atoms with Crippen LogP contribution >= 0.6 is 0 Å². The molecule has 0 aliphatic heterocycles. The van der Waals surface area contributed by atoms with Crippen molar-refractivity contribution in [2.75, 3.05) is 20.8 Å². The summed E-state index contributed by atoms with van der Waals surface area (Å²) in [6.07, 6.45) is 5.19. The van der Waals surface area contributed by atoms with Gasteiger partial charge in [0, 0.05) is 0 Å². The van der Waals surface area contributed by atoms with Crippen LogP contribution < -0.4 is 10.1 Å². The van der Waals surface area contributed by atoms with Crippen LogP contribution in [0.2, 0.25) is 0 Å². The van der Waals surface area contributed by atoms with Gasteiger partial charge in [-0.05, 0) is 24.1 Å². The van der Waals surface area contributed by atoms with E-state index in [4.69, 9.17) is 15.9 Å². The van der Waals surface area contributed by atoms with Crippen molar-refractivity contribution in [2.45, 2.75) is 13.0 Å². The maximum atomic E-state index is 11.7. The number of hydrogen-bond donors (Lipinski definition) is 1. The first kappa shape index (κ1) is 14.1. The number of benzene rings is 1. The maximum Gasteiger partial charge on any atom is 0.327 e. The fourth-order valence-electron chi connectivity index (χ4n) is 1.70. The Bertz CT molecular complexity index is 463. The molecule has 0 saturated carbocycles. The summed E-state index contributed by atoms with van der Waals surface area (Å²) in [5.41, 5.74) is 1.75. The smallest absolute Gasteiger partial charge is 0.327 e. The summed E-state index contributed by atoms with van der Waals surface area (Å²) >= 11 is 0. The Hall–Kier alpha value is -1.99. The SMILES string of the molecule is C#CCNC(C(=O)OC)c1ccc(OC)c(C)c1. The van der Waals surface area contributed by atoms with E-state index in [9.17, 15) is 4.79 Å². The van der Waals surface area contributed by atoms with E-state index < -0.39 is 6.04 Å². The van der Waals surface area contributed by atoms with Gasteiger partial charge in [-0.3, -0.25) is 5.32 Å². The van der Waals surface area contributed by atoms with Crippen molar-refractivity contribution < 1.29 is 14.3 Å². The van der Waals surface area contributed by atoms with Crippen LogP contribution in [-0.4, -0.2) is 26.7 Å². The van der Waals surface area contributed by atoms with Gasteiger partial charge in [0.2, 0.25) is 0 Å². The van der Waals surface area contributed by atoms with Crippen molar-refractivity contribution in [3.05, 3.63) is 29.3 Å². The largest absolute Gasteiger partial charge is 0.496 e. The third-order valence-electron chi connectivity index (χ3n) is 2.60. The first-order chi connectivity index (χ1) is 8.63. The average molecular weight is 247 g/mol. The third-order valence-corrected chi connectivity index (χ3v) is 2.60. The number of nitrogens with one attached hydrogen (secondary N) is 1. The van der Waals surface area contributed by atoms with E-state index in [1.807, 2.05) is 25.1 Å². The molecule has 1 N–H and O–H groups in total. The van der Waals surface area contributed by atoms with E-state index >= 15 is 0 Å². The number of terminal acetylenes is 1. The van der Waals surface area contributed by atoms with Gasteiger partial charge in [-0.1, -0.05) is 18.1 Å². The van der Waals surface area contributed by atoms with Crippen LogP contribution in [-0.2, 0) is 9.53 Å². The second-order valence-electron chi connectivity index (χ2n) is 3.77. The number of aryl methyl sites for hydroxylation is 1. The Balaban J connectivity index is 3.02. The average Bonchev–Trinajstić information content (AvgIpc) is 2.39. The lowest BCUT2D eigenvalue weighted by molar-refractivity contribution is -0.143. The summed E-state index contributed by atoms with van der Waals surface area (Å²) in [6, 6.07) is 4.95. The van der Waals surface area contributed by atoms with E-state index in [1.165, 1.54) is 7.11 Å². The highest BCUT2D eigenvalue weighted by atomic mass is 16.5. The molecule has 0 bridgehead atoms. The lowest BCUT2D eigenvalue weighted by Crippen LogP contribution is -2.30. The van der Waals surface area contributed by atoms with Crippen LogP contribution in [0.4, 0.5) is 0 Å². The lowest BCUT2D eigenvalue weighted by Gasteiger charge is -2.16. The molecule has 0 amide bonds. The number of hydrogen-bond acceptors (Lipinski definition) is 4. The summed E-state index contributed by atoms with van der Waals surface area (Å²) in [7, 11) is 2.96. The highest BCUT2D eigenvalue weighted by Crippen LogP contribution is 2.23. The van der Waals surface area contributed by atoms with Crippen molar-refractivity contribution in [3.63, 3.8) is 0 Å². The zero-order valence-electron chi connectivity index (χ0n) is 10.8. The molecule has 0 saturated heterocycles. The van der Waals surface area contributed by atoms with Gasteiger partial charge >= 0.3 is 5.97 Å². The van der Waals surface area contributed by atoms with Crippen molar-refractivity contribution in [1.82, 2.24) is 5.32 Å². The van der Waals surface area contributed by atoms with Gasteiger partial charge in [-0.15, -0.1) is 6.42 Å². The van der Waals surface area contributed by atoms with Crippen LogP contribution in [0.25, 0.3) is 0 Å². The topological polar surface area (TPSA) is 47.6 Å². The summed E-state index contributed by atoms with van der Waals surface area (Å²) in [5, 5.41) is 2.95. The number of carbonyl (C=O) groups excluding carboxylic acids is 1. The molecule has 0 aliphatic rings. The molecular weight excluding hydrogens is 230 g/mol. The molecule has 1 rings (SSSR count). The van der Waals surface area contributed by atoms with Gasteiger partial charge in [0.25, 0.3) is 0 Å². The summed E-state index contributed by atoms with van der Waals surface area (Å²) < 4.78 is 9.94. The first-order valence-electron chi connectivity index (χ1n) is 5.53. The van der Waals surface area contributed by atoms with E-state index in [2.05, 4.69) is 11.2 Å². The molecule has 4 nitrogen and oxygen atoms in total. The highest BCUT2D eigenvalue weighted by Gasteiger charge is 2.20. The Morgan fingerprint density at radius 3 is 2.72 bits per heavy atom. The first-order valence-corrected chi connectivity index (χ1v) is 5.53. The number of methoxy groups -OCH3 is 2. The third kappa shape index (κ3) is 3.25. The van der Waals surface area contributed by atoms with E-state index in [-0.39, 0.29) is 5.97 Å². The van der Waals surface area contributed by atoms with Gasteiger partial charge < -0.3 is 9.47 Å². The van der Waals surface area contributed by atoms with Gasteiger partial charge in [-0.2, -0.15) is 0 Å². The molecule has 0 heterocycles. The predicted octanol–water partition coefficient (Wildman–Crippen LogP) is 1.44. The number of carbonyl (C=O) groups is 1. The van der Waals surface area contributed by atoms with Crippen molar-refractivity contribution in [2.24, 2.45) is 0 Å². The zero-order chi connectivity index (χ0) is 13.5. The molecule has 0 fully saturated rings. The Morgan fingerprint density at radius 2 is 2.22 bits per heavy atom. The zero-order valence-corrected chi connectivity index (χ0v) is 10.8. The second-order valence-corrected chi connectivity index (χ2v) is 3.77. The molecule has 1 unspecified atom stereocenters. The standard InChI is InChI=1S/C14H17NO3/c1-5-8-15-13(14(16)18-4)11-6-7-12(17-3)10(2)9-11/h1,6-7,9,13,15H,8H2,2-4H3. The minimum atomic E-state index is -0.560. The molecule has 0 aromatic heterocycles. The summed E-state index contributed by atoms with van der Waals surface area (Å²) in [6.45, 7) is 2.21. The van der Waals surface area contributed by atoms with Crippen LogP contribution in [0.5, 0.6) is 5.75 Å². The van der Waals surface area contributed by atoms with Crippen LogP contribution in [0.3, 0.4) is 0 Å². The van der Waals surface area contributed by atoms with Crippen LogP contribution in [0.1, 0.15) is 17.2 Å². The molecule has 96 valence electrons. The van der Waals surface area contributed by atoms with Crippen molar-refractivity contribution in [1.29, 1.82) is 0 Å². The monoisotopic (exact) mass is 247 g/mol. The number of rotatable bonds is 5. The summed E-state index contributed by atoms with van der Waals surface area (Å²) in [5.74, 6) is 2.85. The molecule has 18 heavy (non-hydrogen) atoms.